The van der Waals surface area contributed by atoms with Gasteiger partial charge < -0.3 is 10.4 Å². The summed E-state index contributed by atoms with van der Waals surface area (Å²) < 4.78 is 26.6. The van der Waals surface area contributed by atoms with Crippen molar-refractivity contribution in [3.05, 3.63) is 71.3 Å². The molecule has 1 unspecified atom stereocenters. The van der Waals surface area contributed by atoms with Gasteiger partial charge in [-0.25, -0.2) is 8.78 Å². The Morgan fingerprint density at radius 3 is 1.96 bits per heavy atom. The van der Waals surface area contributed by atoms with E-state index in [4.69, 9.17) is 0 Å². The zero-order valence-corrected chi connectivity index (χ0v) is 14.2. The van der Waals surface area contributed by atoms with Gasteiger partial charge in [0.15, 0.2) is 0 Å². The summed E-state index contributed by atoms with van der Waals surface area (Å²) in [4.78, 5) is 13.5. The fourth-order valence-corrected chi connectivity index (χ4v) is 3.12. The van der Waals surface area contributed by atoms with Crippen LogP contribution in [0, 0.1) is 11.6 Å². The molecule has 0 aromatic heterocycles. The van der Waals surface area contributed by atoms with Gasteiger partial charge in [-0.05, 0) is 35.4 Å². The molecule has 134 valence electrons. The lowest BCUT2D eigenvalue weighted by atomic mass is 9.94. The minimum atomic E-state index is -0.920. The molecule has 0 radical (unpaired) electrons. The van der Waals surface area contributed by atoms with Crippen molar-refractivity contribution < 1.29 is 18.7 Å². The molecule has 1 atom stereocenters. The predicted octanol–water partition coefficient (Wildman–Crippen LogP) is 2.83. The first kappa shape index (κ1) is 19.3. The highest BCUT2D eigenvalue weighted by Crippen LogP contribution is 2.31. The van der Waals surface area contributed by atoms with Gasteiger partial charge in [0.25, 0.3) is 0 Å². The van der Waals surface area contributed by atoms with Gasteiger partial charge in [0.05, 0.1) is 6.04 Å². The Bertz CT molecular complexity index is 665. The number of hydrogen-bond donors (Lipinski definition) is 2. The molecular weight excluding hydrogens is 350 g/mol. The smallest absolute Gasteiger partial charge is 0.322 e. The van der Waals surface area contributed by atoms with Crippen LogP contribution < -0.4 is 5.32 Å². The molecule has 2 aromatic carbocycles. The van der Waals surface area contributed by atoms with Crippen LogP contribution in [-0.2, 0) is 4.79 Å². The van der Waals surface area contributed by atoms with Crippen molar-refractivity contribution in [1.29, 1.82) is 0 Å². The van der Waals surface area contributed by atoms with Crippen LogP contribution in [-0.4, -0.2) is 41.7 Å². The van der Waals surface area contributed by atoms with Gasteiger partial charge in [-0.3, -0.25) is 9.69 Å². The number of carboxylic acid groups (broad SMARTS) is 1. The van der Waals surface area contributed by atoms with Crippen molar-refractivity contribution in [2.24, 2.45) is 0 Å². The van der Waals surface area contributed by atoms with Gasteiger partial charge in [0.1, 0.15) is 17.7 Å². The summed E-state index contributed by atoms with van der Waals surface area (Å²) in [5, 5.41) is 12.6. The first-order chi connectivity index (χ1) is 11.6. The maximum atomic E-state index is 13.3. The molecule has 0 bridgehead atoms. The van der Waals surface area contributed by atoms with E-state index in [1.54, 1.807) is 24.3 Å². The second kappa shape index (κ2) is 8.38. The molecule has 1 fully saturated rings. The number of nitrogens with zero attached hydrogens (tertiary/aromatic N) is 1. The molecule has 0 aliphatic carbocycles. The Morgan fingerprint density at radius 1 is 1.04 bits per heavy atom. The molecule has 1 heterocycles. The number of carbonyl (C=O) groups is 1. The Balaban J connectivity index is 0.00000225. The third-order valence-electron chi connectivity index (χ3n) is 4.27. The average Bonchev–Trinajstić information content (AvgIpc) is 2.59. The number of piperazine rings is 1. The third-order valence-corrected chi connectivity index (χ3v) is 4.27. The summed E-state index contributed by atoms with van der Waals surface area (Å²) in [5.74, 6) is -1.63. The van der Waals surface area contributed by atoms with Gasteiger partial charge in [0.2, 0.25) is 0 Å². The summed E-state index contributed by atoms with van der Waals surface area (Å²) in [7, 11) is 0. The number of carboxylic acids is 1. The van der Waals surface area contributed by atoms with Crippen molar-refractivity contribution in [2.75, 3.05) is 19.6 Å². The molecule has 0 amide bonds. The minimum Gasteiger partial charge on any atom is -0.480 e. The van der Waals surface area contributed by atoms with Crippen LogP contribution in [0.15, 0.2) is 48.5 Å². The number of hydrogen-bond acceptors (Lipinski definition) is 3. The van der Waals surface area contributed by atoms with E-state index in [0.29, 0.717) is 19.6 Å². The molecule has 0 saturated carbocycles. The normalized spacial score (nSPS) is 18.0. The number of rotatable bonds is 4. The van der Waals surface area contributed by atoms with E-state index in [-0.39, 0.29) is 30.1 Å². The molecule has 2 aromatic rings. The quantitative estimate of drug-likeness (QED) is 0.871. The molecule has 1 aliphatic heterocycles. The molecule has 3 rings (SSSR count). The van der Waals surface area contributed by atoms with E-state index < -0.39 is 12.0 Å². The number of benzene rings is 2. The Labute approximate surface area is 150 Å². The second-order valence-electron chi connectivity index (χ2n) is 5.80. The fourth-order valence-electron chi connectivity index (χ4n) is 3.12. The van der Waals surface area contributed by atoms with Gasteiger partial charge in [-0.2, -0.15) is 0 Å². The highest BCUT2D eigenvalue weighted by Gasteiger charge is 2.35. The Kier molecular flexibility index (Phi) is 6.47. The molecule has 2 N–H and O–H groups in total. The first-order valence-corrected chi connectivity index (χ1v) is 7.76. The van der Waals surface area contributed by atoms with Crippen LogP contribution >= 0.6 is 12.4 Å². The number of halogens is 3. The van der Waals surface area contributed by atoms with Crippen LogP contribution in [0.4, 0.5) is 8.78 Å². The summed E-state index contributed by atoms with van der Waals surface area (Å²) in [6.45, 7) is 1.51. The van der Waals surface area contributed by atoms with Crippen molar-refractivity contribution in [3.63, 3.8) is 0 Å². The van der Waals surface area contributed by atoms with E-state index in [1.165, 1.54) is 24.3 Å². The SMILES string of the molecule is Cl.O=C(O)C1CNCCN1C(c1ccc(F)cc1)c1ccc(F)cc1. The van der Waals surface area contributed by atoms with Crippen molar-refractivity contribution in [2.45, 2.75) is 12.1 Å². The Hall–Kier alpha value is -2.02. The lowest BCUT2D eigenvalue weighted by molar-refractivity contribution is -0.144. The van der Waals surface area contributed by atoms with Crippen LogP contribution in [0.5, 0.6) is 0 Å². The monoisotopic (exact) mass is 368 g/mol. The summed E-state index contributed by atoms with van der Waals surface area (Å²) in [6.07, 6.45) is 0. The van der Waals surface area contributed by atoms with E-state index in [1.807, 2.05) is 4.90 Å². The van der Waals surface area contributed by atoms with E-state index >= 15 is 0 Å². The van der Waals surface area contributed by atoms with Gasteiger partial charge in [-0.1, -0.05) is 24.3 Å². The lowest BCUT2D eigenvalue weighted by Gasteiger charge is -2.40. The van der Waals surface area contributed by atoms with Crippen LogP contribution in [0.2, 0.25) is 0 Å². The summed E-state index contributed by atoms with van der Waals surface area (Å²) in [6, 6.07) is 10.9. The highest BCUT2D eigenvalue weighted by molar-refractivity contribution is 5.85. The number of aliphatic carboxylic acids is 1. The van der Waals surface area contributed by atoms with Crippen molar-refractivity contribution >= 4 is 18.4 Å². The van der Waals surface area contributed by atoms with E-state index in [2.05, 4.69) is 5.32 Å². The number of nitrogens with one attached hydrogen (secondary N) is 1. The van der Waals surface area contributed by atoms with E-state index in [0.717, 1.165) is 11.1 Å². The average molecular weight is 369 g/mol. The van der Waals surface area contributed by atoms with E-state index in [9.17, 15) is 18.7 Å². The predicted molar refractivity (Wildman–Crippen MR) is 92.9 cm³/mol. The Morgan fingerprint density at radius 2 is 1.52 bits per heavy atom. The molecule has 25 heavy (non-hydrogen) atoms. The second-order valence-corrected chi connectivity index (χ2v) is 5.80. The maximum absolute atomic E-state index is 13.3. The lowest BCUT2D eigenvalue weighted by Crippen LogP contribution is -2.56. The topological polar surface area (TPSA) is 52.6 Å². The molecular formula is C18H19ClF2N2O2. The minimum absolute atomic E-state index is 0. The van der Waals surface area contributed by atoms with Crippen molar-refractivity contribution in [3.8, 4) is 0 Å². The summed E-state index contributed by atoms with van der Waals surface area (Å²) in [5.41, 5.74) is 1.55. The maximum Gasteiger partial charge on any atom is 0.322 e. The highest BCUT2D eigenvalue weighted by atomic mass is 35.5. The standard InChI is InChI=1S/C18H18F2N2O2.ClH/c19-14-5-1-12(2-6-14)17(13-3-7-15(20)8-4-13)22-10-9-21-11-16(22)18(23)24;/h1-8,16-17,21H,9-11H2,(H,23,24);1H. The van der Waals surface area contributed by atoms with Gasteiger partial charge >= 0.3 is 5.97 Å². The third kappa shape index (κ3) is 4.34. The molecule has 7 heteroatoms. The van der Waals surface area contributed by atoms with Crippen LogP contribution in [0.25, 0.3) is 0 Å². The van der Waals surface area contributed by atoms with Crippen molar-refractivity contribution in [1.82, 2.24) is 10.2 Å². The first-order valence-electron chi connectivity index (χ1n) is 7.76. The largest absolute Gasteiger partial charge is 0.480 e. The molecule has 4 nitrogen and oxygen atoms in total. The van der Waals surface area contributed by atoms with Crippen LogP contribution in [0.3, 0.4) is 0 Å². The molecule has 0 spiro atoms. The molecule has 1 aliphatic rings. The van der Waals surface area contributed by atoms with Gasteiger partial charge in [0, 0.05) is 19.6 Å². The van der Waals surface area contributed by atoms with Crippen LogP contribution in [0.1, 0.15) is 17.2 Å². The fraction of sp³-hybridized carbons (Fsp3) is 0.278. The summed E-state index contributed by atoms with van der Waals surface area (Å²) >= 11 is 0. The zero-order chi connectivity index (χ0) is 17.1. The molecule has 1 saturated heterocycles. The van der Waals surface area contributed by atoms with Gasteiger partial charge in [-0.15, -0.1) is 12.4 Å². The zero-order valence-electron chi connectivity index (χ0n) is 13.4.